The van der Waals surface area contributed by atoms with Crippen molar-refractivity contribution in [2.24, 2.45) is 5.10 Å². The number of fused-ring (bicyclic) bond motifs is 1. The summed E-state index contributed by atoms with van der Waals surface area (Å²) < 4.78 is 1.04. The third kappa shape index (κ3) is 4.02. The number of aromatic nitrogens is 2. The lowest BCUT2D eigenvalue weighted by atomic mass is 10.0. The molecular weight excluding hydrogens is 528 g/mol. The summed E-state index contributed by atoms with van der Waals surface area (Å²) in [5.74, 6) is 0.574. The molecule has 3 aromatic carbocycles. The third-order valence-corrected chi connectivity index (χ3v) is 7.49. The molecule has 5 aromatic rings. The van der Waals surface area contributed by atoms with Crippen LogP contribution in [-0.4, -0.2) is 15.7 Å². The summed E-state index contributed by atoms with van der Waals surface area (Å²) in [4.78, 5) is 11.2. The van der Waals surface area contributed by atoms with Crippen molar-refractivity contribution in [1.29, 1.82) is 0 Å². The van der Waals surface area contributed by atoms with E-state index in [1.54, 1.807) is 11.3 Å². The Morgan fingerprint density at radius 1 is 0.912 bits per heavy atom. The van der Waals surface area contributed by atoms with Crippen LogP contribution in [0.1, 0.15) is 22.9 Å². The van der Waals surface area contributed by atoms with Crippen molar-refractivity contribution in [3.05, 3.63) is 110 Å². The quantitative estimate of drug-likeness (QED) is 0.229. The topological polar surface area (TPSA) is 41.4 Å². The number of hydrogen-bond acceptors (Lipinski definition) is 5. The predicted molar refractivity (Wildman–Crippen MR) is 145 cm³/mol. The third-order valence-electron chi connectivity index (χ3n) is 5.85. The van der Waals surface area contributed by atoms with Crippen LogP contribution in [0.4, 0.5) is 5.95 Å². The number of nitrogens with zero attached hydrogens (tertiary/aromatic N) is 4. The molecule has 34 heavy (non-hydrogen) atoms. The second-order valence-corrected chi connectivity index (χ2v) is 10.3. The molecule has 0 bridgehead atoms. The van der Waals surface area contributed by atoms with Crippen LogP contribution in [0.25, 0.3) is 22.2 Å². The van der Waals surface area contributed by atoms with Gasteiger partial charge in [-0.2, -0.15) is 5.10 Å². The van der Waals surface area contributed by atoms with Gasteiger partial charge in [-0.25, -0.2) is 15.0 Å². The maximum absolute atomic E-state index is 6.35. The largest absolute Gasteiger partial charge is 0.247 e. The summed E-state index contributed by atoms with van der Waals surface area (Å²) in [5, 5.41) is 10.7. The zero-order valence-electron chi connectivity index (χ0n) is 17.9. The van der Waals surface area contributed by atoms with E-state index in [1.807, 2.05) is 47.5 Å². The van der Waals surface area contributed by atoms with E-state index in [0.717, 1.165) is 44.3 Å². The van der Waals surface area contributed by atoms with Gasteiger partial charge in [-0.1, -0.05) is 76.1 Å². The van der Waals surface area contributed by atoms with Gasteiger partial charge in [0.25, 0.3) is 0 Å². The van der Waals surface area contributed by atoms with Gasteiger partial charge < -0.3 is 0 Å². The smallest absolute Gasteiger partial charge is 0.223 e. The van der Waals surface area contributed by atoms with Crippen LogP contribution in [-0.2, 0) is 0 Å². The molecule has 0 saturated heterocycles. The molecule has 1 unspecified atom stereocenters. The molecule has 0 N–H and O–H groups in total. The Labute approximate surface area is 214 Å². The van der Waals surface area contributed by atoms with Crippen molar-refractivity contribution in [3.8, 4) is 11.3 Å². The number of hydrazone groups is 1. The highest BCUT2D eigenvalue weighted by Gasteiger charge is 2.32. The fourth-order valence-corrected chi connectivity index (χ4v) is 5.58. The molecule has 1 atom stereocenters. The van der Waals surface area contributed by atoms with Crippen LogP contribution in [0.5, 0.6) is 0 Å². The fourth-order valence-electron chi connectivity index (χ4n) is 4.27. The molecule has 1 aliphatic heterocycles. The molecule has 0 radical (unpaired) electrons. The lowest BCUT2D eigenvalue weighted by molar-refractivity contribution is 0.688. The van der Waals surface area contributed by atoms with E-state index in [0.29, 0.717) is 11.0 Å². The number of halogens is 2. The number of anilines is 1. The fraction of sp³-hybridized carbons (Fsp3) is 0.0741. The Kier molecular flexibility index (Phi) is 5.65. The van der Waals surface area contributed by atoms with Crippen molar-refractivity contribution >= 4 is 61.4 Å². The van der Waals surface area contributed by atoms with Gasteiger partial charge in [0.1, 0.15) is 0 Å². The molecule has 4 nitrogen and oxygen atoms in total. The van der Waals surface area contributed by atoms with Crippen LogP contribution in [0.3, 0.4) is 0 Å². The van der Waals surface area contributed by atoms with Crippen LogP contribution in [0.15, 0.2) is 99.9 Å². The SMILES string of the molecule is Clc1ccc2nc(N3N=C(c4cccs4)CC3c3cccc(Br)c3)nc(-c3ccccc3)c2c1. The average molecular weight is 546 g/mol. The Morgan fingerprint density at radius 3 is 2.59 bits per heavy atom. The van der Waals surface area contributed by atoms with Gasteiger partial charge in [0.15, 0.2) is 0 Å². The van der Waals surface area contributed by atoms with Crippen LogP contribution < -0.4 is 5.01 Å². The van der Waals surface area contributed by atoms with Crippen molar-refractivity contribution in [3.63, 3.8) is 0 Å². The minimum absolute atomic E-state index is 0.0111. The second-order valence-electron chi connectivity index (χ2n) is 8.04. The van der Waals surface area contributed by atoms with E-state index in [2.05, 4.69) is 63.8 Å². The zero-order valence-corrected chi connectivity index (χ0v) is 21.1. The summed E-state index contributed by atoms with van der Waals surface area (Å²) in [6.07, 6.45) is 0.777. The van der Waals surface area contributed by atoms with Gasteiger partial charge >= 0.3 is 0 Å². The average Bonchev–Trinajstić information content (AvgIpc) is 3.54. The molecule has 1 aliphatic rings. The van der Waals surface area contributed by atoms with Crippen molar-refractivity contribution < 1.29 is 0 Å². The summed E-state index contributed by atoms with van der Waals surface area (Å²) in [6.45, 7) is 0. The molecule has 0 amide bonds. The summed E-state index contributed by atoms with van der Waals surface area (Å²) >= 11 is 11.7. The normalized spacial score (nSPS) is 15.6. The van der Waals surface area contributed by atoms with Crippen molar-refractivity contribution in [1.82, 2.24) is 9.97 Å². The molecular formula is C27H18BrClN4S. The monoisotopic (exact) mass is 544 g/mol. The number of hydrogen-bond donors (Lipinski definition) is 0. The standard InChI is InChI=1S/C27H18BrClN4S/c28-19-9-4-8-18(14-19)24-16-23(25-10-5-13-34-25)32-33(24)27-30-22-12-11-20(29)15-21(22)26(31-27)17-6-2-1-3-7-17/h1-15,24H,16H2. The Hall–Kier alpha value is -3.06. The lowest BCUT2D eigenvalue weighted by Crippen LogP contribution is -2.21. The maximum Gasteiger partial charge on any atom is 0.247 e. The Bertz CT molecular complexity index is 1520. The molecule has 166 valence electrons. The number of rotatable bonds is 4. The van der Waals surface area contributed by atoms with E-state index in [-0.39, 0.29) is 6.04 Å². The van der Waals surface area contributed by atoms with E-state index >= 15 is 0 Å². The maximum atomic E-state index is 6.35. The predicted octanol–water partition coefficient (Wildman–Crippen LogP) is 8.13. The van der Waals surface area contributed by atoms with E-state index in [1.165, 1.54) is 4.88 Å². The molecule has 0 spiro atoms. The lowest BCUT2D eigenvalue weighted by Gasteiger charge is -2.23. The second kappa shape index (κ2) is 8.95. The molecule has 7 heteroatoms. The highest BCUT2D eigenvalue weighted by molar-refractivity contribution is 9.10. The highest BCUT2D eigenvalue weighted by atomic mass is 79.9. The highest BCUT2D eigenvalue weighted by Crippen LogP contribution is 2.39. The van der Waals surface area contributed by atoms with Crippen molar-refractivity contribution in [2.45, 2.75) is 12.5 Å². The zero-order chi connectivity index (χ0) is 23.1. The molecule has 0 saturated carbocycles. The minimum Gasteiger partial charge on any atom is -0.223 e. The van der Waals surface area contributed by atoms with Gasteiger partial charge in [0, 0.05) is 26.9 Å². The molecule has 2 aromatic heterocycles. The van der Waals surface area contributed by atoms with Crippen molar-refractivity contribution in [2.75, 3.05) is 5.01 Å². The Morgan fingerprint density at radius 2 is 1.79 bits per heavy atom. The van der Waals surface area contributed by atoms with E-state index in [9.17, 15) is 0 Å². The Balaban J connectivity index is 1.55. The molecule has 0 fully saturated rings. The molecule has 3 heterocycles. The van der Waals surface area contributed by atoms with Gasteiger partial charge in [0.2, 0.25) is 5.95 Å². The first kappa shape index (κ1) is 21.5. The molecule has 6 rings (SSSR count). The number of benzene rings is 3. The summed E-state index contributed by atoms with van der Waals surface area (Å²) in [7, 11) is 0. The van der Waals surface area contributed by atoms with Crippen LogP contribution in [0.2, 0.25) is 5.02 Å². The summed E-state index contributed by atoms with van der Waals surface area (Å²) in [5.41, 5.74) is 4.89. The first-order valence-corrected chi connectivity index (χ1v) is 12.9. The van der Waals surface area contributed by atoms with Gasteiger partial charge in [-0.15, -0.1) is 11.3 Å². The first-order chi connectivity index (χ1) is 16.7. The van der Waals surface area contributed by atoms with E-state index in [4.69, 9.17) is 26.7 Å². The van der Waals surface area contributed by atoms with Crippen LogP contribution >= 0.6 is 38.9 Å². The number of thiophene rings is 1. The van der Waals surface area contributed by atoms with Gasteiger partial charge in [0.05, 0.1) is 27.8 Å². The molecule has 0 aliphatic carbocycles. The van der Waals surface area contributed by atoms with E-state index < -0.39 is 0 Å². The first-order valence-electron chi connectivity index (χ1n) is 10.8. The van der Waals surface area contributed by atoms with Gasteiger partial charge in [-0.3, -0.25) is 0 Å². The van der Waals surface area contributed by atoms with Gasteiger partial charge in [-0.05, 0) is 47.3 Å². The van der Waals surface area contributed by atoms with Crippen LogP contribution in [0, 0.1) is 0 Å². The minimum atomic E-state index is -0.0111. The summed E-state index contributed by atoms with van der Waals surface area (Å²) in [6, 6.07) is 28.4.